The number of carbonyl (C=O) groups is 2. The quantitative estimate of drug-likeness (QED) is 0.754. The number of imidazole rings is 1. The Balaban J connectivity index is 1.83. The predicted octanol–water partition coefficient (Wildman–Crippen LogP) is 2.89. The van der Waals surface area contributed by atoms with Gasteiger partial charge < -0.3 is 14.2 Å². The number of amides is 1. The summed E-state index contributed by atoms with van der Waals surface area (Å²) < 4.78 is 7.02. The van der Waals surface area contributed by atoms with Crippen LogP contribution < -0.4 is 0 Å². The van der Waals surface area contributed by atoms with Crippen LogP contribution in [0.2, 0.25) is 0 Å². The highest BCUT2D eigenvalue weighted by atomic mass is 16.5. The lowest BCUT2D eigenvalue weighted by Gasteiger charge is -2.40. The molecule has 2 aromatic rings. The molecule has 1 saturated heterocycles. The van der Waals surface area contributed by atoms with Crippen LogP contribution in [0, 0.1) is 11.3 Å². The van der Waals surface area contributed by atoms with E-state index in [1.54, 1.807) is 23.5 Å². The molecule has 0 aliphatic carbocycles. The van der Waals surface area contributed by atoms with Gasteiger partial charge in [-0.25, -0.2) is 9.97 Å². The van der Waals surface area contributed by atoms with Gasteiger partial charge in [-0.2, -0.15) is 0 Å². The monoisotopic (exact) mass is 372 g/mol. The summed E-state index contributed by atoms with van der Waals surface area (Å²) in [4.78, 5) is 36.0. The van der Waals surface area contributed by atoms with Gasteiger partial charge in [0.2, 0.25) is 0 Å². The number of nitrogens with zero attached hydrogens (tertiary/aromatic N) is 4. The van der Waals surface area contributed by atoms with E-state index < -0.39 is 5.41 Å². The number of methoxy groups -OCH3 is 1. The number of carbonyl (C=O) groups excluding carboxylic acids is 2. The Hall–Kier alpha value is -2.44. The summed E-state index contributed by atoms with van der Waals surface area (Å²) >= 11 is 0. The normalized spacial score (nSPS) is 20.3. The van der Waals surface area contributed by atoms with Gasteiger partial charge in [0.05, 0.1) is 24.4 Å². The number of piperidine rings is 1. The largest absolute Gasteiger partial charge is 0.469 e. The number of hydrogen-bond acceptors (Lipinski definition) is 5. The van der Waals surface area contributed by atoms with E-state index in [2.05, 4.69) is 23.8 Å². The van der Waals surface area contributed by atoms with Crippen molar-refractivity contribution in [2.45, 2.75) is 46.6 Å². The van der Waals surface area contributed by atoms with Crippen LogP contribution in [-0.4, -0.2) is 51.5 Å². The summed E-state index contributed by atoms with van der Waals surface area (Å²) in [5.74, 6) is 0.145. The van der Waals surface area contributed by atoms with Gasteiger partial charge in [-0.1, -0.05) is 20.8 Å². The summed E-state index contributed by atoms with van der Waals surface area (Å²) in [6, 6.07) is 1.79. The molecule has 0 spiro atoms. The lowest BCUT2D eigenvalue weighted by Crippen LogP contribution is -2.50. The van der Waals surface area contributed by atoms with Gasteiger partial charge in [-0.15, -0.1) is 0 Å². The van der Waals surface area contributed by atoms with E-state index in [1.165, 1.54) is 7.11 Å². The Labute approximate surface area is 159 Å². The van der Waals surface area contributed by atoms with Crippen LogP contribution in [0.15, 0.2) is 18.6 Å². The Morgan fingerprint density at radius 1 is 1.33 bits per heavy atom. The van der Waals surface area contributed by atoms with E-state index in [0.29, 0.717) is 36.5 Å². The van der Waals surface area contributed by atoms with Gasteiger partial charge in [0.1, 0.15) is 5.52 Å². The minimum atomic E-state index is -0.612. The first-order valence-electron chi connectivity index (χ1n) is 9.59. The van der Waals surface area contributed by atoms with Crippen molar-refractivity contribution in [2.24, 2.45) is 11.3 Å². The molecule has 2 aromatic heterocycles. The first-order chi connectivity index (χ1) is 12.9. The van der Waals surface area contributed by atoms with Crippen molar-refractivity contribution in [3.05, 3.63) is 24.2 Å². The molecule has 1 atom stereocenters. The fraction of sp³-hybridized carbons (Fsp3) is 0.600. The maximum atomic E-state index is 13.0. The summed E-state index contributed by atoms with van der Waals surface area (Å²) in [5, 5.41) is 0. The van der Waals surface area contributed by atoms with Crippen molar-refractivity contribution >= 4 is 23.0 Å². The molecule has 3 rings (SSSR count). The Kier molecular flexibility index (Phi) is 5.48. The molecule has 0 radical (unpaired) electrons. The van der Waals surface area contributed by atoms with Gasteiger partial charge in [-0.05, 0) is 31.2 Å². The van der Waals surface area contributed by atoms with Crippen LogP contribution in [0.4, 0.5) is 0 Å². The van der Waals surface area contributed by atoms with Crippen molar-refractivity contribution in [1.82, 2.24) is 19.4 Å². The van der Waals surface area contributed by atoms with E-state index in [1.807, 2.05) is 11.5 Å². The Morgan fingerprint density at radius 2 is 2.11 bits per heavy atom. The van der Waals surface area contributed by atoms with Crippen LogP contribution >= 0.6 is 0 Å². The third kappa shape index (κ3) is 3.68. The fourth-order valence-corrected chi connectivity index (χ4v) is 3.90. The Morgan fingerprint density at radius 3 is 2.78 bits per heavy atom. The molecule has 1 aliphatic rings. The minimum absolute atomic E-state index is 0.107. The van der Waals surface area contributed by atoms with Crippen molar-refractivity contribution in [3.63, 3.8) is 0 Å². The molecular weight excluding hydrogens is 344 g/mol. The lowest BCUT2D eigenvalue weighted by molar-refractivity contribution is -0.156. The van der Waals surface area contributed by atoms with Crippen LogP contribution in [0.25, 0.3) is 11.2 Å². The molecule has 27 heavy (non-hydrogen) atoms. The summed E-state index contributed by atoms with van der Waals surface area (Å²) in [6.07, 6.45) is 5.57. The predicted molar refractivity (Wildman–Crippen MR) is 102 cm³/mol. The highest BCUT2D eigenvalue weighted by Gasteiger charge is 2.43. The molecule has 1 aliphatic heterocycles. The number of esters is 1. The number of ether oxygens (including phenoxy) is 1. The number of fused-ring (bicyclic) bond motifs is 1. The number of pyridine rings is 1. The Bertz CT molecular complexity index is 845. The first kappa shape index (κ1) is 19.3. The van der Waals surface area contributed by atoms with Gasteiger partial charge in [0.25, 0.3) is 5.91 Å². The number of hydrogen-bond donors (Lipinski definition) is 0. The van der Waals surface area contributed by atoms with E-state index in [4.69, 9.17) is 4.74 Å². The first-order valence-corrected chi connectivity index (χ1v) is 9.59. The SMILES string of the molecule is CCC1(C(=O)OC)CCCN(C(=O)c2cnc3c(c2)ncn3CC(C)C)C1. The summed E-state index contributed by atoms with van der Waals surface area (Å²) in [7, 11) is 1.41. The zero-order chi connectivity index (χ0) is 19.6. The van der Waals surface area contributed by atoms with Gasteiger partial charge in [0, 0.05) is 25.8 Å². The van der Waals surface area contributed by atoms with Gasteiger partial charge in [0.15, 0.2) is 5.65 Å². The average molecular weight is 372 g/mol. The average Bonchev–Trinajstić information content (AvgIpc) is 3.08. The minimum Gasteiger partial charge on any atom is -0.469 e. The highest BCUT2D eigenvalue weighted by Crippen LogP contribution is 2.35. The topological polar surface area (TPSA) is 77.3 Å². The molecule has 0 aromatic carbocycles. The third-order valence-corrected chi connectivity index (χ3v) is 5.42. The van der Waals surface area contributed by atoms with Crippen LogP contribution in [0.3, 0.4) is 0 Å². The number of aromatic nitrogens is 3. The maximum absolute atomic E-state index is 13.0. The van der Waals surface area contributed by atoms with Crippen LogP contribution in [0.1, 0.15) is 50.4 Å². The van der Waals surface area contributed by atoms with Crippen molar-refractivity contribution in [1.29, 1.82) is 0 Å². The van der Waals surface area contributed by atoms with Crippen molar-refractivity contribution < 1.29 is 14.3 Å². The van der Waals surface area contributed by atoms with E-state index in [-0.39, 0.29) is 11.9 Å². The molecule has 1 unspecified atom stereocenters. The lowest BCUT2D eigenvalue weighted by atomic mass is 9.77. The molecule has 146 valence electrons. The molecule has 0 N–H and O–H groups in total. The molecular formula is C20H28N4O3. The van der Waals surface area contributed by atoms with Crippen LogP contribution in [0.5, 0.6) is 0 Å². The van der Waals surface area contributed by atoms with Crippen LogP contribution in [-0.2, 0) is 16.1 Å². The molecule has 1 fully saturated rings. The van der Waals surface area contributed by atoms with E-state index >= 15 is 0 Å². The standard InChI is InChI=1S/C20H28N4O3/c1-5-20(19(26)27-4)7-6-8-23(12-20)18(25)15-9-16-17(21-10-15)24(13-22-16)11-14(2)3/h9-10,13-14H,5-8,11-12H2,1-4H3. The molecule has 1 amide bonds. The molecule has 0 saturated carbocycles. The van der Waals surface area contributed by atoms with Crippen molar-refractivity contribution in [3.8, 4) is 0 Å². The molecule has 0 bridgehead atoms. The summed E-state index contributed by atoms with van der Waals surface area (Å²) in [6.45, 7) is 8.11. The molecule has 3 heterocycles. The second kappa shape index (κ2) is 7.66. The number of rotatable bonds is 5. The smallest absolute Gasteiger partial charge is 0.313 e. The maximum Gasteiger partial charge on any atom is 0.313 e. The van der Waals surface area contributed by atoms with E-state index in [9.17, 15) is 9.59 Å². The third-order valence-electron chi connectivity index (χ3n) is 5.42. The molecule has 7 heteroatoms. The van der Waals surface area contributed by atoms with Gasteiger partial charge in [-0.3, -0.25) is 9.59 Å². The van der Waals surface area contributed by atoms with Gasteiger partial charge >= 0.3 is 5.97 Å². The second-order valence-electron chi connectivity index (χ2n) is 7.81. The highest BCUT2D eigenvalue weighted by molar-refractivity contribution is 5.96. The summed E-state index contributed by atoms with van der Waals surface area (Å²) in [5.41, 5.74) is 1.40. The molecule has 7 nitrogen and oxygen atoms in total. The zero-order valence-electron chi connectivity index (χ0n) is 16.6. The van der Waals surface area contributed by atoms with E-state index in [0.717, 1.165) is 25.0 Å². The zero-order valence-corrected chi connectivity index (χ0v) is 16.6. The fourth-order valence-electron chi connectivity index (χ4n) is 3.90. The number of likely N-dealkylation sites (tertiary alicyclic amines) is 1. The van der Waals surface area contributed by atoms with Crippen molar-refractivity contribution in [2.75, 3.05) is 20.2 Å². The second-order valence-corrected chi connectivity index (χ2v) is 7.81.